The van der Waals surface area contributed by atoms with E-state index in [0.717, 1.165) is 4.90 Å². The van der Waals surface area contributed by atoms with E-state index in [1.807, 2.05) is 0 Å². The zero-order chi connectivity index (χ0) is 13.5. The van der Waals surface area contributed by atoms with Gasteiger partial charge in [0, 0.05) is 19.2 Å². The van der Waals surface area contributed by atoms with Gasteiger partial charge >= 0.3 is 0 Å². The molecule has 0 spiro atoms. The van der Waals surface area contributed by atoms with Crippen molar-refractivity contribution in [3.8, 4) is 0 Å². The molecule has 100 valence electrons. The first-order valence-electron chi connectivity index (χ1n) is 5.10. The fourth-order valence-electron chi connectivity index (χ4n) is 1.77. The van der Waals surface area contributed by atoms with Crippen molar-refractivity contribution < 1.29 is 26.0 Å². The number of rotatable bonds is 1. The number of hydrogen-bond donors (Lipinski definition) is 0. The number of anilines is 1. The first kappa shape index (κ1) is 13.1. The van der Waals surface area contributed by atoms with Crippen molar-refractivity contribution in [3.05, 3.63) is 29.3 Å². The Morgan fingerprint density at radius 1 is 0.944 bits per heavy atom. The zero-order valence-electron chi connectivity index (χ0n) is 9.09. The smallest absolute Gasteiger partial charge is 0.185 e. The van der Waals surface area contributed by atoms with Crippen LogP contribution in [-0.4, -0.2) is 33.0 Å². The molecule has 0 bridgehead atoms. The minimum Gasteiger partial charge on any atom is -0.365 e. The minimum atomic E-state index is -3.24. The van der Waals surface area contributed by atoms with E-state index in [1.165, 1.54) is 0 Å². The van der Waals surface area contributed by atoms with Crippen molar-refractivity contribution >= 4 is 15.5 Å². The molecule has 0 aromatic heterocycles. The molecule has 1 aliphatic rings. The number of halogens is 4. The Bertz CT molecular complexity index is 548. The number of hydrogen-bond acceptors (Lipinski definition) is 3. The van der Waals surface area contributed by atoms with Crippen molar-refractivity contribution in [2.45, 2.75) is 0 Å². The molecule has 1 fully saturated rings. The van der Waals surface area contributed by atoms with E-state index < -0.39 is 38.8 Å². The Morgan fingerprint density at radius 2 is 1.39 bits per heavy atom. The molecule has 1 aromatic rings. The van der Waals surface area contributed by atoms with Crippen LogP contribution in [0, 0.1) is 23.3 Å². The molecule has 2 rings (SSSR count). The molecule has 3 nitrogen and oxygen atoms in total. The number of sulfone groups is 1. The molecular weight excluding hydrogens is 274 g/mol. The summed E-state index contributed by atoms with van der Waals surface area (Å²) in [6.45, 7) is -0.391. The van der Waals surface area contributed by atoms with Gasteiger partial charge in [0.15, 0.2) is 33.1 Å². The van der Waals surface area contributed by atoms with Gasteiger partial charge in [0.05, 0.1) is 11.5 Å². The van der Waals surface area contributed by atoms with E-state index >= 15 is 0 Å². The summed E-state index contributed by atoms with van der Waals surface area (Å²) in [4.78, 5) is 0.998. The maximum atomic E-state index is 13.4. The van der Waals surface area contributed by atoms with Crippen LogP contribution < -0.4 is 4.90 Å². The van der Waals surface area contributed by atoms with Crippen molar-refractivity contribution in [3.63, 3.8) is 0 Å². The molecule has 1 saturated heterocycles. The lowest BCUT2D eigenvalue weighted by atomic mass is 10.2. The maximum Gasteiger partial charge on any atom is 0.185 e. The second-order valence-corrected chi connectivity index (χ2v) is 6.26. The Hall–Kier alpha value is -1.31. The van der Waals surface area contributed by atoms with E-state index in [0.29, 0.717) is 0 Å². The van der Waals surface area contributed by atoms with Gasteiger partial charge < -0.3 is 4.90 Å². The van der Waals surface area contributed by atoms with E-state index in [9.17, 15) is 26.0 Å². The van der Waals surface area contributed by atoms with Crippen LogP contribution in [-0.2, 0) is 9.84 Å². The predicted octanol–water partition coefficient (Wildman–Crippen LogP) is 1.48. The van der Waals surface area contributed by atoms with Crippen LogP contribution in [0.5, 0.6) is 0 Å². The van der Waals surface area contributed by atoms with Gasteiger partial charge in [-0.3, -0.25) is 0 Å². The molecule has 0 radical (unpaired) electrons. The summed E-state index contributed by atoms with van der Waals surface area (Å²) in [6.07, 6.45) is 0. The summed E-state index contributed by atoms with van der Waals surface area (Å²) >= 11 is 0. The van der Waals surface area contributed by atoms with Gasteiger partial charge in [0.25, 0.3) is 0 Å². The summed E-state index contributed by atoms with van der Waals surface area (Å²) in [6, 6.07) is 0.120. The van der Waals surface area contributed by atoms with E-state index in [-0.39, 0.29) is 30.7 Å². The molecule has 0 amide bonds. The quantitative estimate of drug-likeness (QED) is 0.578. The topological polar surface area (TPSA) is 37.4 Å². The maximum absolute atomic E-state index is 13.4. The van der Waals surface area contributed by atoms with Crippen molar-refractivity contribution in [1.82, 2.24) is 0 Å². The van der Waals surface area contributed by atoms with Crippen LogP contribution in [0.2, 0.25) is 0 Å². The lowest BCUT2D eigenvalue weighted by Gasteiger charge is -2.29. The molecular formula is C10H9F4NO2S. The molecule has 0 unspecified atom stereocenters. The highest BCUT2D eigenvalue weighted by Gasteiger charge is 2.28. The molecule has 18 heavy (non-hydrogen) atoms. The standard InChI is InChI=1S/C10H9F4NO2S/c11-6-5-7(12)9(14)10(8(6)13)15-1-3-18(16,17)4-2-15/h5H,1-4H2. The average Bonchev–Trinajstić information content (AvgIpc) is 2.29. The van der Waals surface area contributed by atoms with Crippen molar-refractivity contribution in [2.24, 2.45) is 0 Å². The van der Waals surface area contributed by atoms with Gasteiger partial charge in [-0.05, 0) is 0 Å². The zero-order valence-corrected chi connectivity index (χ0v) is 9.91. The molecule has 0 N–H and O–H groups in total. The Kier molecular flexibility index (Phi) is 3.22. The molecule has 0 aliphatic carbocycles. The first-order chi connectivity index (χ1) is 8.32. The Labute approximate surface area is 101 Å². The molecule has 0 saturated carbocycles. The van der Waals surface area contributed by atoms with Crippen LogP contribution in [0.4, 0.5) is 23.2 Å². The lowest BCUT2D eigenvalue weighted by Crippen LogP contribution is -2.41. The second-order valence-electron chi connectivity index (χ2n) is 3.96. The predicted molar refractivity (Wildman–Crippen MR) is 57.1 cm³/mol. The van der Waals surface area contributed by atoms with Crippen molar-refractivity contribution in [2.75, 3.05) is 29.5 Å². The average molecular weight is 283 g/mol. The third-order valence-electron chi connectivity index (χ3n) is 2.75. The fraction of sp³-hybridized carbons (Fsp3) is 0.400. The molecule has 0 atom stereocenters. The summed E-state index contributed by atoms with van der Waals surface area (Å²) in [5.74, 6) is -6.62. The largest absolute Gasteiger partial charge is 0.365 e. The number of nitrogens with zero attached hydrogens (tertiary/aromatic N) is 1. The second kappa shape index (κ2) is 4.42. The van der Waals surface area contributed by atoms with Gasteiger partial charge in [-0.15, -0.1) is 0 Å². The first-order valence-corrected chi connectivity index (χ1v) is 6.92. The fourth-order valence-corrected chi connectivity index (χ4v) is 2.98. The van der Waals surface area contributed by atoms with E-state index in [2.05, 4.69) is 0 Å². The van der Waals surface area contributed by atoms with E-state index in [1.54, 1.807) is 0 Å². The molecule has 1 aromatic carbocycles. The minimum absolute atomic E-state index is 0.120. The highest BCUT2D eigenvalue weighted by atomic mass is 32.2. The van der Waals surface area contributed by atoms with Gasteiger partial charge in [0.1, 0.15) is 5.69 Å². The van der Waals surface area contributed by atoms with Crippen LogP contribution >= 0.6 is 0 Å². The summed E-state index contributed by atoms with van der Waals surface area (Å²) in [7, 11) is -3.24. The van der Waals surface area contributed by atoms with Gasteiger partial charge in [-0.2, -0.15) is 0 Å². The third-order valence-corrected chi connectivity index (χ3v) is 4.36. The molecule has 1 aliphatic heterocycles. The molecule has 1 heterocycles. The summed E-state index contributed by atoms with van der Waals surface area (Å²) < 4.78 is 75.2. The summed E-state index contributed by atoms with van der Waals surface area (Å²) in [5.41, 5.74) is -0.845. The van der Waals surface area contributed by atoms with Crippen molar-refractivity contribution in [1.29, 1.82) is 0 Å². The number of benzene rings is 1. The Morgan fingerprint density at radius 3 is 1.83 bits per heavy atom. The highest BCUT2D eigenvalue weighted by Crippen LogP contribution is 2.28. The van der Waals surface area contributed by atoms with Gasteiger partial charge in [0.2, 0.25) is 0 Å². The Balaban J connectivity index is 2.40. The SMILES string of the molecule is O=S1(=O)CCN(c2c(F)c(F)cc(F)c2F)CC1. The highest BCUT2D eigenvalue weighted by molar-refractivity contribution is 7.91. The van der Waals surface area contributed by atoms with Crippen LogP contribution in [0.25, 0.3) is 0 Å². The van der Waals surface area contributed by atoms with Crippen LogP contribution in [0.1, 0.15) is 0 Å². The summed E-state index contributed by atoms with van der Waals surface area (Å²) in [5, 5.41) is 0. The van der Waals surface area contributed by atoms with E-state index in [4.69, 9.17) is 0 Å². The normalized spacial score (nSPS) is 19.0. The monoisotopic (exact) mass is 283 g/mol. The molecule has 8 heteroatoms. The van der Waals surface area contributed by atoms with Gasteiger partial charge in [-0.25, -0.2) is 26.0 Å². The lowest BCUT2D eigenvalue weighted by molar-refractivity contribution is 0.451. The van der Waals surface area contributed by atoms with Gasteiger partial charge in [-0.1, -0.05) is 0 Å². The van der Waals surface area contributed by atoms with Crippen LogP contribution in [0.15, 0.2) is 6.07 Å². The van der Waals surface area contributed by atoms with Crippen LogP contribution in [0.3, 0.4) is 0 Å². The third kappa shape index (κ3) is 2.29.